The summed E-state index contributed by atoms with van der Waals surface area (Å²) >= 11 is 0. The zero-order valence-corrected chi connectivity index (χ0v) is 20.5. The van der Waals surface area contributed by atoms with Gasteiger partial charge in [-0.2, -0.15) is 0 Å². The Kier molecular flexibility index (Phi) is 7.26. The monoisotopic (exact) mass is 459 g/mol. The number of nitrogens with one attached hydrogen (secondary N) is 2. The van der Waals surface area contributed by atoms with Gasteiger partial charge in [-0.05, 0) is 52.8 Å². The highest BCUT2D eigenvalue weighted by Crippen LogP contribution is 2.38. The number of aliphatic hydroxyl groups is 1. The number of aliphatic hydroxyl groups excluding tert-OH is 1. The summed E-state index contributed by atoms with van der Waals surface area (Å²) in [5, 5.41) is 21.9. The van der Waals surface area contributed by atoms with E-state index in [0.29, 0.717) is 55.2 Å². The van der Waals surface area contributed by atoms with Crippen LogP contribution < -0.4 is 14.8 Å². The van der Waals surface area contributed by atoms with Crippen LogP contribution in [0.3, 0.4) is 0 Å². The minimum Gasteiger partial charge on any atom is -0.493 e. The van der Waals surface area contributed by atoms with Gasteiger partial charge in [0.05, 0.1) is 13.2 Å². The van der Waals surface area contributed by atoms with Crippen molar-refractivity contribution in [1.82, 2.24) is 10.2 Å². The molecule has 1 atom stereocenters. The average molecular weight is 460 g/mol. The van der Waals surface area contributed by atoms with E-state index in [1.54, 1.807) is 36.4 Å². The van der Waals surface area contributed by atoms with Crippen LogP contribution in [0.4, 0.5) is 0 Å². The molecule has 1 amide bonds. The predicted molar refractivity (Wildman–Crippen MR) is 127 cm³/mol. The van der Waals surface area contributed by atoms with Gasteiger partial charge in [0.1, 0.15) is 17.4 Å². The fraction of sp³-hybridized carbons (Fsp3) is 0.600. The molecule has 0 aromatic heterocycles. The van der Waals surface area contributed by atoms with Crippen LogP contribution in [0.1, 0.15) is 64.2 Å². The number of hydrogen-bond donors (Lipinski definition) is 3. The number of likely N-dealkylation sites (tertiary alicyclic amines) is 1. The first kappa shape index (κ1) is 24.9. The predicted octanol–water partition coefficient (Wildman–Crippen LogP) is 3.49. The zero-order chi connectivity index (χ0) is 24.4. The molecule has 8 nitrogen and oxygen atoms in total. The molecule has 1 unspecified atom stereocenters. The van der Waals surface area contributed by atoms with Crippen LogP contribution in [0.2, 0.25) is 0 Å². The van der Waals surface area contributed by atoms with Crippen LogP contribution in [0, 0.1) is 5.41 Å². The minimum atomic E-state index is -0.883. The SMILES string of the molecule is COc1cc(C(=O)N2CCC3(CC2)CC(O)C(=N)/C(=C\NC(C)(C)C)O3)ccc1OC(C)C. The first-order valence-corrected chi connectivity index (χ1v) is 11.5. The molecule has 1 aromatic rings. The van der Waals surface area contributed by atoms with Crippen molar-refractivity contribution in [3.63, 3.8) is 0 Å². The van der Waals surface area contributed by atoms with Gasteiger partial charge in [-0.1, -0.05) is 0 Å². The van der Waals surface area contributed by atoms with E-state index in [2.05, 4.69) is 5.32 Å². The van der Waals surface area contributed by atoms with Crippen LogP contribution >= 0.6 is 0 Å². The number of piperidine rings is 1. The van der Waals surface area contributed by atoms with E-state index >= 15 is 0 Å². The Hall–Kier alpha value is -2.74. The smallest absolute Gasteiger partial charge is 0.253 e. The fourth-order valence-corrected chi connectivity index (χ4v) is 4.10. The molecule has 1 aromatic carbocycles. The molecular weight excluding hydrogens is 422 g/mol. The van der Waals surface area contributed by atoms with Crippen LogP contribution in [0.5, 0.6) is 11.5 Å². The molecule has 2 aliphatic rings. The number of rotatable bonds is 5. The summed E-state index contributed by atoms with van der Waals surface area (Å²) < 4.78 is 17.4. The fourth-order valence-electron chi connectivity index (χ4n) is 4.10. The van der Waals surface area contributed by atoms with E-state index in [-0.39, 0.29) is 23.3 Å². The number of methoxy groups -OCH3 is 1. The molecule has 182 valence electrons. The summed E-state index contributed by atoms with van der Waals surface area (Å²) in [6, 6.07) is 5.24. The highest BCUT2D eigenvalue weighted by Gasteiger charge is 2.45. The second-order valence-electron chi connectivity index (χ2n) is 10.1. The van der Waals surface area contributed by atoms with E-state index in [9.17, 15) is 9.90 Å². The maximum Gasteiger partial charge on any atom is 0.253 e. The molecule has 3 rings (SSSR count). The molecule has 33 heavy (non-hydrogen) atoms. The molecule has 0 aliphatic carbocycles. The third-order valence-corrected chi connectivity index (χ3v) is 5.86. The van der Waals surface area contributed by atoms with Gasteiger partial charge in [0, 0.05) is 49.7 Å². The van der Waals surface area contributed by atoms with Crippen LogP contribution in [-0.2, 0) is 4.74 Å². The van der Waals surface area contributed by atoms with E-state index in [0.717, 1.165) is 0 Å². The Morgan fingerprint density at radius 1 is 1.30 bits per heavy atom. The van der Waals surface area contributed by atoms with Crippen molar-refractivity contribution in [1.29, 1.82) is 5.41 Å². The molecule has 0 saturated carbocycles. The minimum absolute atomic E-state index is 0.00333. The molecule has 0 radical (unpaired) electrons. The standard InChI is InChI=1S/C25H37N3O5/c1-16(2)32-19-8-7-17(13-20(19)31-6)23(30)28-11-9-25(10-12-28)14-18(29)22(26)21(33-25)15-27-24(3,4)5/h7-8,13,15-16,18,26-27,29H,9-12,14H2,1-6H3/b21-15+,26-22?. The average Bonchev–Trinajstić information content (AvgIpc) is 2.75. The molecule has 0 bridgehead atoms. The van der Waals surface area contributed by atoms with Gasteiger partial charge in [-0.25, -0.2) is 0 Å². The highest BCUT2D eigenvalue weighted by atomic mass is 16.5. The van der Waals surface area contributed by atoms with Gasteiger partial charge in [-0.15, -0.1) is 0 Å². The summed E-state index contributed by atoms with van der Waals surface area (Å²) in [7, 11) is 1.56. The lowest BCUT2D eigenvalue weighted by atomic mass is 9.82. The Balaban J connectivity index is 1.69. The van der Waals surface area contributed by atoms with Crippen molar-refractivity contribution in [2.24, 2.45) is 0 Å². The first-order chi connectivity index (χ1) is 15.4. The Labute approximate surface area is 196 Å². The Morgan fingerprint density at radius 2 is 1.97 bits per heavy atom. The van der Waals surface area contributed by atoms with Crippen molar-refractivity contribution in [3.05, 3.63) is 35.7 Å². The number of nitrogens with zero attached hydrogens (tertiary/aromatic N) is 1. The second-order valence-corrected chi connectivity index (χ2v) is 10.1. The van der Waals surface area contributed by atoms with Crippen LogP contribution in [-0.4, -0.2) is 65.2 Å². The normalized spacial score (nSPS) is 21.8. The van der Waals surface area contributed by atoms with Gasteiger partial charge in [0.2, 0.25) is 0 Å². The van der Waals surface area contributed by atoms with Gasteiger partial charge in [-0.3, -0.25) is 10.2 Å². The maximum atomic E-state index is 13.2. The van der Waals surface area contributed by atoms with Crippen LogP contribution in [0.25, 0.3) is 0 Å². The topological polar surface area (TPSA) is 104 Å². The summed E-state index contributed by atoms with van der Waals surface area (Å²) in [5.41, 5.74) is -0.135. The van der Waals surface area contributed by atoms with E-state index in [1.165, 1.54) is 0 Å². The lowest BCUT2D eigenvalue weighted by Crippen LogP contribution is -2.53. The molecular formula is C25H37N3O5. The molecule has 2 heterocycles. The second kappa shape index (κ2) is 9.63. The summed E-state index contributed by atoms with van der Waals surface area (Å²) in [6.07, 6.45) is 2.33. The van der Waals surface area contributed by atoms with E-state index in [1.807, 2.05) is 34.6 Å². The number of carbonyl (C=O) groups excluding carboxylic acids is 1. The number of hydrogen-bond acceptors (Lipinski definition) is 7. The summed E-state index contributed by atoms with van der Waals surface area (Å²) in [4.78, 5) is 15.0. The van der Waals surface area contributed by atoms with Crippen molar-refractivity contribution >= 4 is 11.6 Å². The van der Waals surface area contributed by atoms with Crippen LogP contribution in [0.15, 0.2) is 30.2 Å². The third-order valence-electron chi connectivity index (χ3n) is 5.86. The zero-order valence-electron chi connectivity index (χ0n) is 20.5. The molecule has 1 spiro atoms. The quantitative estimate of drug-likeness (QED) is 0.623. The van der Waals surface area contributed by atoms with Crippen molar-refractivity contribution < 1.29 is 24.1 Å². The Bertz CT molecular complexity index is 911. The maximum absolute atomic E-state index is 13.2. The molecule has 2 aliphatic heterocycles. The van der Waals surface area contributed by atoms with Gasteiger partial charge >= 0.3 is 0 Å². The van der Waals surface area contributed by atoms with Crippen molar-refractivity contribution in [2.45, 2.75) is 77.2 Å². The summed E-state index contributed by atoms with van der Waals surface area (Å²) in [5.74, 6) is 1.43. The Morgan fingerprint density at radius 3 is 2.55 bits per heavy atom. The number of carbonyl (C=O) groups is 1. The summed E-state index contributed by atoms with van der Waals surface area (Å²) in [6.45, 7) is 10.9. The lowest BCUT2D eigenvalue weighted by molar-refractivity contribution is -0.0712. The number of amides is 1. The molecule has 3 N–H and O–H groups in total. The highest BCUT2D eigenvalue weighted by molar-refractivity contribution is 6.00. The van der Waals surface area contributed by atoms with E-state index in [4.69, 9.17) is 19.6 Å². The number of ether oxygens (including phenoxy) is 3. The van der Waals surface area contributed by atoms with Gasteiger partial charge in [0.25, 0.3) is 5.91 Å². The molecule has 2 fully saturated rings. The molecule has 2 saturated heterocycles. The van der Waals surface area contributed by atoms with Gasteiger partial charge < -0.3 is 29.5 Å². The third kappa shape index (κ3) is 5.99. The molecule has 8 heteroatoms. The van der Waals surface area contributed by atoms with Crippen molar-refractivity contribution in [2.75, 3.05) is 20.2 Å². The van der Waals surface area contributed by atoms with E-state index < -0.39 is 11.7 Å². The first-order valence-electron chi connectivity index (χ1n) is 11.5. The van der Waals surface area contributed by atoms with Crippen molar-refractivity contribution in [3.8, 4) is 11.5 Å². The largest absolute Gasteiger partial charge is 0.493 e. The van der Waals surface area contributed by atoms with Gasteiger partial charge in [0.15, 0.2) is 17.3 Å². The number of benzene rings is 1. The lowest BCUT2D eigenvalue weighted by Gasteiger charge is -2.46.